The lowest BCUT2D eigenvalue weighted by molar-refractivity contribution is 0.0992. The van der Waals surface area contributed by atoms with Crippen LogP contribution in [0.4, 0.5) is 0 Å². The number of benzene rings is 2. The number of Topliss-reactive ketones (excluding diaryl/α,β-unsaturated/α-hetero) is 1. The second-order valence-corrected chi connectivity index (χ2v) is 8.82. The molecule has 2 aromatic carbocycles. The van der Waals surface area contributed by atoms with Gasteiger partial charge in [0.05, 0.1) is 14.5 Å². The number of hydrogen-bond acceptors (Lipinski definition) is 4. The normalized spacial score (nSPS) is 11.4. The number of furan rings is 1. The number of halogens is 2. The lowest BCUT2D eigenvalue weighted by Gasteiger charge is -2.19. The van der Waals surface area contributed by atoms with Crippen LogP contribution in [0.5, 0.6) is 5.75 Å². The summed E-state index contributed by atoms with van der Waals surface area (Å²) >= 11 is 7.22. The molecule has 0 fully saturated rings. The van der Waals surface area contributed by atoms with Crippen LogP contribution in [0.3, 0.4) is 0 Å². The van der Waals surface area contributed by atoms with E-state index in [0.29, 0.717) is 25.0 Å². The van der Waals surface area contributed by atoms with Crippen LogP contribution < -0.4 is 4.74 Å². The minimum absolute atomic E-state index is 0.0609. The third kappa shape index (κ3) is 5.16. The van der Waals surface area contributed by atoms with Gasteiger partial charge in [-0.2, -0.15) is 0 Å². The first kappa shape index (κ1) is 23.0. The average Bonchev–Trinajstić information content (AvgIpc) is 3.11. The van der Waals surface area contributed by atoms with Gasteiger partial charge in [0.2, 0.25) is 0 Å². The molecule has 0 amide bonds. The van der Waals surface area contributed by atoms with Crippen molar-refractivity contribution in [3.63, 3.8) is 0 Å². The van der Waals surface area contributed by atoms with E-state index in [1.807, 2.05) is 43.3 Å². The largest absolute Gasteiger partial charge is 0.490 e. The average molecular weight is 537 g/mol. The summed E-state index contributed by atoms with van der Waals surface area (Å²) in [6.45, 7) is 9.80. The first-order valence-electron chi connectivity index (χ1n) is 10.3. The van der Waals surface area contributed by atoms with Crippen molar-refractivity contribution in [2.24, 2.45) is 0 Å². The maximum atomic E-state index is 13.2. The Hall–Kier alpha value is -1.63. The van der Waals surface area contributed by atoms with Crippen molar-refractivity contribution in [2.45, 2.75) is 33.6 Å². The topological polar surface area (TPSA) is 42.7 Å². The molecule has 4 nitrogen and oxygen atoms in total. The SMILES string of the molecule is CCc1oc2ccccc2c1C(=O)Cc1cc(Br)c(OCCN(CC)CC)c(Br)c1. The zero-order valence-corrected chi connectivity index (χ0v) is 20.8. The molecule has 30 heavy (non-hydrogen) atoms. The minimum atomic E-state index is 0.0609. The number of fused-ring (bicyclic) bond motifs is 1. The van der Waals surface area contributed by atoms with Gasteiger partial charge in [-0.1, -0.05) is 39.0 Å². The predicted molar refractivity (Wildman–Crippen MR) is 129 cm³/mol. The zero-order valence-electron chi connectivity index (χ0n) is 17.6. The molecule has 0 radical (unpaired) electrons. The minimum Gasteiger partial charge on any atom is -0.490 e. The molecule has 0 spiro atoms. The van der Waals surface area contributed by atoms with E-state index in [9.17, 15) is 4.79 Å². The van der Waals surface area contributed by atoms with Gasteiger partial charge in [-0.15, -0.1) is 0 Å². The smallest absolute Gasteiger partial charge is 0.171 e. The van der Waals surface area contributed by atoms with Gasteiger partial charge in [0.1, 0.15) is 23.7 Å². The van der Waals surface area contributed by atoms with Gasteiger partial charge in [-0.05, 0) is 68.7 Å². The zero-order chi connectivity index (χ0) is 21.7. The van der Waals surface area contributed by atoms with Crippen molar-refractivity contribution in [3.8, 4) is 5.75 Å². The Labute approximate surface area is 194 Å². The summed E-state index contributed by atoms with van der Waals surface area (Å²) in [6.07, 6.45) is 0.982. The number of carbonyl (C=O) groups is 1. The highest BCUT2D eigenvalue weighted by molar-refractivity contribution is 9.11. The van der Waals surface area contributed by atoms with E-state index in [2.05, 4.69) is 50.6 Å². The van der Waals surface area contributed by atoms with Crippen molar-refractivity contribution < 1.29 is 13.9 Å². The highest BCUT2D eigenvalue weighted by atomic mass is 79.9. The van der Waals surface area contributed by atoms with E-state index in [1.165, 1.54) is 0 Å². The summed E-state index contributed by atoms with van der Waals surface area (Å²) in [7, 11) is 0. The number of para-hydroxylation sites is 1. The molecule has 1 heterocycles. The maximum Gasteiger partial charge on any atom is 0.171 e. The summed E-state index contributed by atoms with van der Waals surface area (Å²) in [5.74, 6) is 1.57. The van der Waals surface area contributed by atoms with E-state index in [-0.39, 0.29) is 5.78 Å². The maximum absolute atomic E-state index is 13.2. The van der Waals surface area contributed by atoms with Gasteiger partial charge in [0.25, 0.3) is 0 Å². The van der Waals surface area contributed by atoms with Gasteiger partial charge >= 0.3 is 0 Å². The second kappa shape index (κ2) is 10.6. The number of rotatable bonds is 10. The molecular weight excluding hydrogens is 510 g/mol. The monoisotopic (exact) mass is 535 g/mol. The van der Waals surface area contributed by atoms with Crippen molar-refractivity contribution in [1.29, 1.82) is 0 Å². The Balaban J connectivity index is 1.77. The Kier molecular flexibility index (Phi) is 8.14. The van der Waals surface area contributed by atoms with Crippen LogP contribution in [-0.4, -0.2) is 36.9 Å². The molecule has 1 aromatic heterocycles. The first-order chi connectivity index (χ1) is 14.5. The van der Waals surface area contributed by atoms with Gasteiger partial charge in [-0.3, -0.25) is 4.79 Å². The molecule has 0 atom stereocenters. The molecule has 0 N–H and O–H groups in total. The van der Waals surface area contributed by atoms with Crippen LogP contribution in [0.2, 0.25) is 0 Å². The van der Waals surface area contributed by atoms with Crippen molar-refractivity contribution in [3.05, 3.63) is 62.2 Å². The molecule has 0 aliphatic rings. The number of likely N-dealkylation sites (N-methyl/N-ethyl adjacent to an activating group) is 1. The lowest BCUT2D eigenvalue weighted by Crippen LogP contribution is -2.28. The number of nitrogens with zero attached hydrogens (tertiary/aromatic N) is 1. The first-order valence-corrected chi connectivity index (χ1v) is 11.9. The fourth-order valence-electron chi connectivity index (χ4n) is 3.59. The number of hydrogen-bond donors (Lipinski definition) is 0. The Morgan fingerprint density at radius 2 is 1.73 bits per heavy atom. The van der Waals surface area contributed by atoms with Crippen LogP contribution in [-0.2, 0) is 12.8 Å². The highest BCUT2D eigenvalue weighted by Crippen LogP contribution is 2.36. The lowest BCUT2D eigenvalue weighted by atomic mass is 9.99. The van der Waals surface area contributed by atoms with Crippen LogP contribution in [0.25, 0.3) is 11.0 Å². The number of ether oxygens (including phenoxy) is 1. The molecule has 3 rings (SSSR count). The third-order valence-corrected chi connectivity index (χ3v) is 6.42. The Morgan fingerprint density at radius 1 is 1.07 bits per heavy atom. The summed E-state index contributed by atoms with van der Waals surface area (Å²) in [4.78, 5) is 15.5. The molecule has 160 valence electrons. The molecule has 3 aromatic rings. The predicted octanol–water partition coefficient (Wildman–Crippen LogP) is 6.67. The number of carbonyl (C=O) groups excluding carboxylic acids is 1. The molecule has 0 aliphatic heterocycles. The van der Waals surface area contributed by atoms with Crippen LogP contribution in [0.1, 0.15) is 42.5 Å². The second-order valence-electron chi connectivity index (χ2n) is 7.11. The van der Waals surface area contributed by atoms with E-state index in [4.69, 9.17) is 9.15 Å². The molecule has 0 aliphatic carbocycles. The summed E-state index contributed by atoms with van der Waals surface area (Å²) < 4.78 is 13.6. The van der Waals surface area contributed by atoms with Gasteiger partial charge in [0.15, 0.2) is 5.78 Å². The number of aryl methyl sites for hydroxylation is 1. The summed E-state index contributed by atoms with van der Waals surface area (Å²) in [6, 6.07) is 11.6. The van der Waals surface area contributed by atoms with Crippen LogP contribution in [0.15, 0.2) is 49.8 Å². The summed E-state index contributed by atoms with van der Waals surface area (Å²) in [5, 5.41) is 0.883. The molecule has 0 bridgehead atoms. The van der Waals surface area contributed by atoms with Gasteiger partial charge < -0.3 is 14.1 Å². The number of ketones is 1. The van der Waals surface area contributed by atoms with Crippen molar-refractivity contribution in [1.82, 2.24) is 4.90 Å². The molecular formula is C24H27Br2NO3. The van der Waals surface area contributed by atoms with E-state index >= 15 is 0 Å². The third-order valence-electron chi connectivity index (χ3n) is 5.24. The van der Waals surface area contributed by atoms with Crippen molar-refractivity contribution >= 4 is 48.6 Å². The van der Waals surface area contributed by atoms with E-state index in [1.54, 1.807) is 0 Å². The highest BCUT2D eigenvalue weighted by Gasteiger charge is 2.20. The summed E-state index contributed by atoms with van der Waals surface area (Å²) in [5.41, 5.74) is 2.37. The van der Waals surface area contributed by atoms with E-state index < -0.39 is 0 Å². The molecule has 0 saturated heterocycles. The Bertz CT molecular complexity index is 1000. The van der Waals surface area contributed by atoms with Crippen LogP contribution in [0, 0.1) is 0 Å². The van der Waals surface area contributed by atoms with Crippen molar-refractivity contribution in [2.75, 3.05) is 26.2 Å². The van der Waals surface area contributed by atoms with Crippen LogP contribution >= 0.6 is 31.9 Å². The van der Waals surface area contributed by atoms with Gasteiger partial charge in [0, 0.05) is 24.8 Å². The van der Waals surface area contributed by atoms with Gasteiger partial charge in [-0.25, -0.2) is 0 Å². The standard InChI is InChI=1S/C24H27Br2NO3/c1-4-21-23(17-9-7-8-10-22(17)30-21)20(28)15-16-13-18(25)24(19(26)14-16)29-12-11-27(5-2)6-3/h7-10,13-14H,4-6,11-12,15H2,1-3H3. The molecule has 6 heteroatoms. The molecule has 0 saturated carbocycles. The fraction of sp³-hybridized carbons (Fsp3) is 0.375. The van der Waals surface area contributed by atoms with E-state index in [0.717, 1.165) is 56.6 Å². The Morgan fingerprint density at radius 3 is 2.37 bits per heavy atom. The quantitative estimate of drug-likeness (QED) is 0.271. The fourth-order valence-corrected chi connectivity index (χ4v) is 5.10. The molecule has 0 unspecified atom stereocenters.